The van der Waals surface area contributed by atoms with Gasteiger partial charge in [0.05, 0.1) is 30.7 Å². The smallest absolute Gasteiger partial charge is 0.274 e. The second kappa shape index (κ2) is 8.80. The maximum absolute atomic E-state index is 14.3. The number of ether oxygens (including phenoxy) is 2. The zero-order valence-corrected chi connectivity index (χ0v) is 15.9. The maximum atomic E-state index is 14.3. The van der Waals surface area contributed by atoms with Crippen LogP contribution in [0.5, 0.6) is 0 Å². The number of halogens is 3. The quantitative estimate of drug-likeness (QED) is 0.645. The van der Waals surface area contributed by atoms with Gasteiger partial charge in [-0.05, 0) is 30.3 Å². The molecule has 2 unspecified atom stereocenters. The van der Waals surface area contributed by atoms with E-state index in [1.807, 2.05) is 0 Å². The number of nitrogens with zero attached hydrogens (tertiary/aromatic N) is 2. The predicted octanol–water partition coefficient (Wildman–Crippen LogP) is 3.22. The van der Waals surface area contributed by atoms with Crippen molar-refractivity contribution in [1.82, 2.24) is 9.97 Å². The Morgan fingerprint density at radius 1 is 1.13 bits per heavy atom. The van der Waals surface area contributed by atoms with Crippen LogP contribution in [0.4, 0.5) is 18.9 Å². The van der Waals surface area contributed by atoms with Crippen molar-refractivity contribution in [3.63, 3.8) is 0 Å². The number of amides is 1. The normalized spacial score (nSPS) is 18.2. The van der Waals surface area contributed by atoms with Crippen molar-refractivity contribution in [2.24, 2.45) is 0 Å². The molecule has 1 fully saturated rings. The van der Waals surface area contributed by atoms with Crippen LogP contribution in [0.25, 0.3) is 11.3 Å². The van der Waals surface area contributed by atoms with Gasteiger partial charge >= 0.3 is 0 Å². The molecule has 3 aromatic rings. The Morgan fingerprint density at radius 3 is 2.61 bits per heavy atom. The van der Waals surface area contributed by atoms with Crippen LogP contribution in [-0.2, 0) is 9.47 Å². The molecule has 1 saturated heterocycles. The summed E-state index contributed by atoms with van der Waals surface area (Å²) in [6, 6.07) is 6.64. The summed E-state index contributed by atoms with van der Waals surface area (Å²) in [6.45, 7) is -0.0495. The first-order chi connectivity index (χ1) is 15.0. The second-order valence-corrected chi connectivity index (χ2v) is 6.65. The zero-order valence-electron chi connectivity index (χ0n) is 15.9. The Balaban J connectivity index is 1.62. The van der Waals surface area contributed by atoms with Crippen LogP contribution >= 0.6 is 0 Å². The lowest BCUT2D eigenvalue weighted by Crippen LogP contribution is -2.17. The second-order valence-electron chi connectivity index (χ2n) is 6.65. The van der Waals surface area contributed by atoms with E-state index >= 15 is 0 Å². The first-order valence-electron chi connectivity index (χ1n) is 9.22. The molecule has 1 aliphatic rings. The molecule has 3 heterocycles. The number of aromatic nitrogens is 2. The van der Waals surface area contributed by atoms with Crippen molar-refractivity contribution >= 4 is 11.6 Å². The third kappa shape index (κ3) is 4.26. The molecular formula is C21H16F3N3O4. The van der Waals surface area contributed by atoms with Gasteiger partial charge in [0.25, 0.3) is 5.91 Å². The SMILES string of the molecule is O=C(Nc1cnccc1C1OCC(CO)O1)c1ccc(F)c(-c2c(F)cccc2F)n1. The van der Waals surface area contributed by atoms with Crippen molar-refractivity contribution in [2.45, 2.75) is 12.4 Å². The van der Waals surface area contributed by atoms with Gasteiger partial charge in [-0.25, -0.2) is 18.2 Å². The molecule has 1 aromatic carbocycles. The molecule has 2 atom stereocenters. The third-order valence-corrected chi connectivity index (χ3v) is 4.59. The molecule has 31 heavy (non-hydrogen) atoms. The summed E-state index contributed by atoms with van der Waals surface area (Å²) in [4.78, 5) is 20.5. The highest BCUT2D eigenvalue weighted by molar-refractivity contribution is 6.03. The Labute approximate surface area is 174 Å². The van der Waals surface area contributed by atoms with Crippen LogP contribution in [0.15, 0.2) is 48.8 Å². The lowest BCUT2D eigenvalue weighted by atomic mass is 10.1. The van der Waals surface area contributed by atoms with Crippen LogP contribution in [0.1, 0.15) is 22.3 Å². The molecular weight excluding hydrogens is 415 g/mol. The Bertz CT molecular complexity index is 1110. The molecule has 0 saturated carbocycles. The van der Waals surface area contributed by atoms with Gasteiger partial charge in [-0.1, -0.05) is 6.07 Å². The molecule has 0 radical (unpaired) electrons. The average Bonchev–Trinajstić information content (AvgIpc) is 3.24. The Kier molecular flexibility index (Phi) is 5.94. The van der Waals surface area contributed by atoms with E-state index in [1.165, 1.54) is 12.4 Å². The van der Waals surface area contributed by atoms with Crippen LogP contribution in [0.2, 0.25) is 0 Å². The average molecular weight is 431 g/mol. The monoisotopic (exact) mass is 431 g/mol. The molecule has 2 aromatic heterocycles. The molecule has 7 nitrogen and oxygen atoms in total. The fourth-order valence-corrected chi connectivity index (χ4v) is 3.08. The lowest BCUT2D eigenvalue weighted by Gasteiger charge is -2.15. The molecule has 0 bridgehead atoms. The third-order valence-electron chi connectivity index (χ3n) is 4.59. The molecule has 0 spiro atoms. The summed E-state index contributed by atoms with van der Waals surface area (Å²) < 4.78 is 53.4. The predicted molar refractivity (Wildman–Crippen MR) is 102 cm³/mol. The summed E-state index contributed by atoms with van der Waals surface area (Å²) in [6.07, 6.45) is 1.49. The van der Waals surface area contributed by atoms with E-state index in [2.05, 4.69) is 15.3 Å². The number of aliphatic hydroxyl groups is 1. The highest BCUT2D eigenvalue weighted by Gasteiger charge is 2.29. The van der Waals surface area contributed by atoms with Gasteiger partial charge in [0.15, 0.2) is 6.29 Å². The number of aliphatic hydroxyl groups excluding tert-OH is 1. The van der Waals surface area contributed by atoms with Gasteiger partial charge in [-0.2, -0.15) is 0 Å². The van der Waals surface area contributed by atoms with Crippen molar-refractivity contribution in [3.05, 3.63) is 77.5 Å². The fourth-order valence-electron chi connectivity index (χ4n) is 3.08. The standard InChI is InChI=1S/C21H16F3N3O4/c22-13-2-1-3-14(23)18(13)19-15(24)4-5-16(26-19)20(29)27-17-8-25-7-6-12(17)21-30-10-11(9-28)31-21/h1-8,11,21,28H,9-10H2,(H,27,29). The minimum Gasteiger partial charge on any atom is -0.394 e. The highest BCUT2D eigenvalue weighted by Crippen LogP contribution is 2.32. The van der Waals surface area contributed by atoms with Crippen molar-refractivity contribution < 1.29 is 32.5 Å². The van der Waals surface area contributed by atoms with Crippen molar-refractivity contribution in [3.8, 4) is 11.3 Å². The molecule has 1 amide bonds. The summed E-state index contributed by atoms with van der Waals surface area (Å²) in [5.41, 5.74) is -0.875. The summed E-state index contributed by atoms with van der Waals surface area (Å²) in [7, 11) is 0. The number of rotatable bonds is 5. The van der Waals surface area contributed by atoms with Gasteiger partial charge in [-0.15, -0.1) is 0 Å². The molecule has 4 rings (SSSR count). The topological polar surface area (TPSA) is 93.6 Å². The minimum atomic E-state index is -1.01. The molecule has 160 valence electrons. The summed E-state index contributed by atoms with van der Waals surface area (Å²) >= 11 is 0. The highest BCUT2D eigenvalue weighted by atomic mass is 19.1. The van der Waals surface area contributed by atoms with Crippen molar-refractivity contribution in [2.75, 3.05) is 18.5 Å². The number of pyridine rings is 2. The Morgan fingerprint density at radius 2 is 1.90 bits per heavy atom. The number of hydrogen-bond donors (Lipinski definition) is 2. The zero-order chi connectivity index (χ0) is 22.0. The molecule has 2 N–H and O–H groups in total. The van der Waals surface area contributed by atoms with Gasteiger partial charge in [-0.3, -0.25) is 9.78 Å². The first kappa shape index (κ1) is 20.9. The number of hydrogen-bond acceptors (Lipinski definition) is 6. The fraction of sp³-hybridized carbons (Fsp3) is 0.190. The number of benzene rings is 1. The van der Waals surface area contributed by atoms with Gasteiger partial charge < -0.3 is 19.9 Å². The van der Waals surface area contributed by atoms with Gasteiger partial charge in [0, 0.05) is 11.8 Å². The van der Waals surface area contributed by atoms with Crippen LogP contribution < -0.4 is 5.32 Å². The molecule has 0 aliphatic carbocycles. The minimum absolute atomic E-state index is 0.175. The molecule has 1 aliphatic heterocycles. The van der Waals surface area contributed by atoms with E-state index in [9.17, 15) is 23.1 Å². The van der Waals surface area contributed by atoms with E-state index in [0.29, 0.717) is 5.56 Å². The Hall–Kier alpha value is -3.34. The van der Waals surface area contributed by atoms with Gasteiger partial charge in [0.1, 0.15) is 34.9 Å². The lowest BCUT2D eigenvalue weighted by molar-refractivity contribution is -0.0671. The van der Waals surface area contributed by atoms with Crippen LogP contribution in [0.3, 0.4) is 0 Å². The van der Waals surface area contributed by atoms with E-state index in [-0.39, 0.29) is 24.6 Å². The van der Waals surface area contributed by atoms with Crippen LogP contribution in [0, 0.1) is 17.5 Å². The number of anilines is 1. The van der Waals surface area contributed by atoms with E-state index in [0.717, 1.165) is 30.3 Å². The van der Waals surface area contributed by atoms with Gasteiger partial charge in [0.2, 0.25) is 0 Å². The summed E-state index contributed by atoms with van der Waals surface area (Å²) in [5, 5.41) is 11.8. The van der Waals surface area contributed by atoms with E-state index in [4.69, 9.17) is 9.47 Å². The molecule has 10 heteroatoms. The van der Waals surface area contributed by atoms with Crippen LogP contribution in [-0.4, -0.2) is 40.3 Å². The number of nitrogens with one attached hydrogen (secondary N) is 1. The first-order valence-corrected chi connectivity index (χ1v) is 9.22. The maximum Gasteiger partial charge on any atom is 0.274 e. The van der Waals surface area contributed by atoms with Crippen molar-refractivity contribution in [1.29, 1.82) is 0 Å². The largest absolute Gasteiger partial charge is 0.394 e. The van der Waals surface area contributed by atoms with E-state index < -0.39 is 47.0 Å². The van der Waals surface area contributed by atoms with E-state index in [1.54, 1.807) is 6.07 Å². The number of carbonyl (C=O) groups excluding carboxylic acids is 1. The number of carbonyl (C=O) groups is 1. The summed E-state index contributed by atoms with van der Waals surface area (Å²) in [5.74, 6) is -3.76.